The fraction of sp³-hybridized carbons (Fsp3) is 0.200. The van der Waals surface area contributed by atoms with E-state index in [2.05, 4.69) is 15.8 Å². The molecule has 9 nitrogen and oxygen atoms in total. The van der Waals surface area contributed by atoms with Gasteiger partial charge in [-0.25, -0.2) is 5.43 Å². The first-order valence-corrected chi connectivity index (χ1v) is 8.67. The molecule has 0 radical (unpaired) electrons. The van der Waals surface area contributed by atoms with Crippen LogP contribution in [0.1, 0.15) is 18.1 Å². The predicted molar refractivity (Wildman–Crippen MR) is 104 cm³/mol. The summed E-state index contributed by atoms with van der Waals surface area (Å²) in [7, 11) is 1.39. The van der Waals surface area contributed by atoms with Gasteiger partial charge in [-0.15, -0.1) is 0 Å². The van der Waals surface area contributed by atoms with Crippen molar-refractivity contribution in [1.29, 1.82) is 0 Å². The van der Waals surface area contributed by atoms with Gasteiger partial charge in [0.25, 0.3) is 0 Å². The number of carbonyl (C=O) groups is 3. The minimum absolute atomic E-state index is 0.214. The number of aryl methyl sites for hydroxylation is 1. The van der Waals surface area contributed by atoms with E-state index in [-0.39, 0.29) is 11.5 Å². The molecular formula is C20H20N3O6-. The van der Waals surface area contributed by atoms with Crippen LogP contribution in [0.15, 0.2) is 47.6 Å². The van der Waals surface area contributed by atoms with E-state index in [0.717, 1.165) is 12.0 Å². The van der Waals surface area contributed by atoms with Gasteiger partial charge in [0.15, 0.2) is 11.5 Å². The van der Waals surface area contributed by atoms with E-state index < -0.39 is 24.4 Å². The number of hydrogen-bond donors (Lipinski definition) is 2. The highest BCUT2D eigenvalue weighted by molar-refractivity contribution is 6.39. The Kier molecular flexibility index (Phi) is 7.72. The van der Waals surface area contributed by atoms with Crippen molar-refractivity contribution in [2.24, 2.45) is 5.10 Å². The van der Waals surface area contributed by atoms with Gasteiger partial charge >= 0.3 is 11.8 Å². The summed E-state index contributed by atoms with van der Waals surface area (Å²) >= 11 is 0. The molecule has 0 saturated carbocycles. The van der Waals surface area contributed by atoms with Crippen LogP contribution in [0.25, 0.3) is 0 Å². The molecule has 2 N–H and O–H groups in total. The minimum Gasteiger partial charge on any atom is -0.546 e. The maximum atomic E-state index is 11.9. The number of rotatable bonds is 8. The van der Waals surface area contributed by atoms with Crippen LogP contribution in [0, 0.1) is 0 Å². The van der Waals surface area contributed by atoms with Crippen molar-refractivity contribution in [1.82, 2.24) is 5.43 Å². The van der Waals surface area contributed by atoms with Gasteiger partial charge in [0.1, 0.15) is 6.61 Å². The molecule has 0 unspecified atom stereocenters. The smallest absolute Gasteiger partial charge is 0.329 e. The van der Waals surface area contributed by atoms with Gasteiger partial charge in [0.05, 0.1) is 19.3 Å². The SMILES string of the molecule is CCc1ccc(NC(=O)C(=O)N/N=C\c2ccc(OCC(=O)[O-])c(OC)c2)cc1. The molecule has 2 aromatic rings. The molecule has 152 valence electrons. The Bertz CT molecular complexity index is 909. The number of carboxylic acid groups (broad SMARTS) is 1. The molecule has 0 aliphatic rings. The summed E-state index contributed by atoms with van der Waals surface area (Å²) in [5.74, 6) is -2.65. The van der Waals surface area contributed by atoms with E-state index in [0.29, 0.717) is 11.3 Å². The van der Waals surface area contributed by atoms with Crippen molar-refractivity contribution < 1.29 is 29.0 Å². The Balaban J connectivity index is 1.92. The Hall–Kier alpha value is -3.88. The van der Waals surface area contributed by atoms with E-state index in [4.69, 9.17) is 9.47 Å². The molecule has 0 saturated heterocycles. The molecule has 0 aliphatic carbocycles. The Labute approximate surface area is 167 Å². The number of nitrogens with one attached hydrogen (secondary N) is 2. The number of nitrogens with zero attached hydrogens (tertiary/aromatic N) is 1. The topological polar surface area (TPSA) is 129 Å². The van der Waals surface area contributed by atoms with Crippen molar-refractivity contribution in [2.75, 3.05) is 19.0 Å². The first-order valence-electron chi connectivity index (χ1n) is 8.67. The lowest BCUT2D eigenvalue weighted by molar-refractivity contribution is -0.307. The van der Waals surface area contributed by atoms with Crippen LogP contribution in [-0.4, -0.2) is 37.7 Å². The summed E-state index contributed by atoms with van der Waals surface area (Å²) in [5, 5.41) is 16.7. The average Bonchev–Trinajstić information content (AvgIpc) is 2.72. The lowest BCUT2D eigenvalue weighted by atomic mass is 10.1. The number of ether oxygens (including phenoxy) is 2. The van der Waals surface area contributed by atoms with Crippen LogP contribution in [0.5, 0.6) is 11.5 Å². The molecule has 0 aromatic heterocycles. The molecule has 2 rings (SSSR count). The molecule has 0 heterocycles. The molecule has 2 aromatic carbocycles. The number of carbonyl (C=O) groups excluding carboxylic acids is 3. The Morgan fingerprint density at radius 2 is 1.79 bits per heavy atom. The zero-order chi connectivity index (χ0) is 21.2. The number of carboxylic acids is 1. The summed E-state index contributed by atoms with van der Waals surface area (Å²) < 4.78 is 10.2. The van der Waals surface area contributed by atoms with Gasteiger partial charge in [-0.2, -0.15) is 5.10 Å². The van der Waals surface area contributed by atoms with Gasteiger partial charge in [0.2, 0.25) is 0 Å². The highest BCUT2D eigenvalue weighted by Gasteiger charge is 2.12. The first kappa shape index (κ1) is 21.4. The second-order valence-corrected chi connectivity index (χ2v) is 5.77. The minimum atomic E-state index is -1.36. The number of aliphatic carboxylic acids is 1. The second kappa shape index (κ2) is 10.5. The average molecular weight is 398 g/mol. The number of anilines is 1. The number of benzene rings is 2. The maximum Gasteiger partial charge on any atom is 0.329 e. The maximum absolute atomic E-state index is 11.9. The molecule has 0 bridgehead atoms. The molecular weight excluding hydrogens is 378 g/mol. The summed E-state index contributed by atoms with van der Waals surface area (Å²) in [6.07, 6.45) is 2.17. The lowest BCUT2D eigenvalue weighted by Crippen LogP contribution is -2.32. The van der Waals surface area contributed by atoms with Crippen molar-refractivity contribution in [3.63, 3.8) is 0 Å². The normalized spacial score (nSPS) is 10.4. The van der Waals surface area contributed by atoms with Crippen LogP contribution in [0.4, 0.5) is 5.69 Å². The van der Waals surface area contributed by atoms with E-state index in [1.165, 1.54) is 25.5 Å². The van der Waals surface area contributed by atoms with Crippen LogP contribution < -0.4 is 25.3 Å². The molecule has 0 atom stereocenters. The fourth-order valence-corrected chi connectivity index (χ4v) is 2.25. The van der Waals surface area contributed by atoms with E-state index in [1.807, 2.05) is 19.1 Å². The first-order chi connectivity index (χ1) is 13.9. The van der Waals surface area contributed by atoms with Crippen LogP contribution >= 0.6 is 0 Å². The van der Waals surface area contributed by atoms with Gasteiger partial charge in [-0.05, 0) is 47.9 Å². The van der Waals surface area contributed by atoms with Crippen LogP contribution in [-0.2, 0) is 20.8 Å². The number of methoxy groups -OCH3 is 1. The molecule has 2 amide bonds. The lowest BCUT2D eigenvalue weighted by Gasteiger charge is -2.11. The van der Waals surface area contributed by atoms with Gasteiger partial charge < -0.3 is 24.7 Å². The molecule has 29 heavy (non-hydrogen) atoms. The summed E-state index contributed by atoms with van der Waals surface area (Å²) in [6, 6.07) is 11.7. The highest BCUT2D eigenvalue weighted by Crippen LogP contribution is 2.27. The van der Waals surface area contributed by atoms with E-state index in [1.54, 1.807) is 18.2 Å². The van der Waals surface area contributed by atoms with Gasteiger partial charge in [0, 0.05) is 5.69 Å². The highest BCUT2D eigenvalue weighted by atomic mass is 16.5. The Morgan fingerprint density at radius 1 is 1.07 bits per heavy atom. The monoisotopic (exact) mass is 398 g/mol. The van der Waals surface area contributed by atoms with Crippen molar-refractivity contribution in [3.05, 3.63) is 53.6 Å². The van der Waals surface area contributed by atoms with Gasteiger partial charge in [-0.3, -0.25) is 9.59 Å². The largest absolute Gasteiger partial charge is 0.546 e. The number of amides is 2. The summed E-state index contributed by atoms with van der Waals surface area (Å²) in [4.78, 5) is 34.2. The van der Waals surface area contributed by atoms with Crippen LogP contribution in [0.2, 0.25) is 0 Å². The summed E-state index contributed by atoms with van der Waals surface area (Å²) in [6.45, 7) is 1.40. The molecule has 0 aliphatic heterocycles. The summed E-state index contributed by atoms with van der Waals surface area (Å²) in [5.41, 5.74) is 4.27. The van der Waals surface area contributed by atoms with Gasteiger partial charge in [-0.1, -0.05) is 19.1 Å². The zero-order valence-electron chi connectivity index (χ0n) is 15.9. The van der Waals surface area contributed by atoms with Crippen molar-refractivity contribution in [2.45, 2.75) is 13.3 Å². The molecule has 0 fully saturated rings. The number of hydrazone groups is 1. The Morgan fingerprint density at radius 3 is 2.41 bits per heavy atom. The third-order valence-corrected chi connectivity index (χ3v) is 3.74. The van der Waals surface area contributed by atoms with Crippen molar-refractivity contribution in [3.8, 4) is 11.5 Å². The third kappa shape index (κ3) is 6.65. The molecule has 0 spiro atoms. The van der Waals surface area contributed by atoms with Crippen molar-refractivity contribution >= 4 is 29.7 Å². The quantitative estimate of drug-likeness (QED) is 0.378. The van der Waals surface area contributed by atoms with Crippen LogP contribution in [0.3, 0.4) is 0 Å². The molecule has 9 heteroatoms. The standard InChI is InChI=1S/C20H21N3O6/c1-3-13-4-7-15(8-5-13)22-19(26)20(27)23-21-11-14-6-9-16(17(10-14)28-2)29-12-18(24)25/h4-11H,3,12H2,1-2H3,(H,22,26)(H,23,27)(H,24,25)/p-1/b21-11-. The van der Waals surface area contributed by atoms with E-state index in [9.17, 15) is 19.5 Å². The third-order valence-electron chi connectivity index (χ3n) is 3.74. The number of hydrogen-bond acceptors (Lipinski definition) is 7. The van der Waals surface area contributed by atoms with E-state index >= 15 is 0 Å². The zero-order valence-corrected chi connectivity index (χ0v) is 15.9. The second-order valence-electron chi connectivity index (χ2n) is 5.77. The fourth-order valence-electron chi connectivity index (χ4n) is 2.25. The predicted octanol–water partition coefficient (Wildman–Crippen LogP) is 0.475.